The van der Waals surface area contributed by atoms with Crippen molar-refractivity contribution in [3.8, 4) is 11.5 Å². The highest BCUT2D eigenvalue weighted by atomic mass is 19.1. The highest BCUT2D eigenvalue weighted by Gasteiger charge is 2.20. The number of carbonyl (C=O) groups is 1. The van der Waals surface area contributed by atoms with Gasteiger partial charge < -0.3 is 20.1 Å². The predicted octanol–water partition coefficient (Wildman–Crippen LogP) is 2.51. The van der Waals surface area contributed by atoms with Gasteiger partial charge in [-0.1, -0.05) is 30.3 Å². The van der Waals surface area contributed by atoms with Crippen molar-refractivity contribution >= 4 is 6.03 Å². The fourth-order valence-electron chi connectivity index (χ4n) is 2.44. The molecule has 1 atom stereocenters. The fourth-order valence-corrected chi connectivity index (χ4v) is 2.44. The van der Waals surface area contributed by atoms with Crippen LogP contribution >= 0.6 is 0 Å². The predicted molar refractivity (Wildman–Crippen MR) is 87.9 cm³/mol. The Kier molecular flexibility index (Phi) is 5.15. The van der Waals surface area contributed by atoms with E-state index in [1.807, 2.05) is 24.3 Å². The molecule has 0 aliphatic carbocycles. The molecular weight excluding hydrogens is 311 g/mol. The zero-order valence-electron chi connectivity index (χ0n) is 13.1. The normalized spacial score (nSPS) is 15.6. The molecule has 1 aliphatic rings. The van der Waals surface area contributed by atoms with Crippen LogP contribution in [0.1, 0.15) is 5.56 Å². The number of halogens is 1. The van der Waals surface area contributed by atoms with E-state index in [2.05, 4.69) is 10.6 Å². The highest BCUT2D eigenvalue weighted by Crippen LogP contribution is 2.30. The van der Waals surface area contributed by atoms with Crippen LogP contribution in [0.2, 0.25) is 0 Å². The molecule has 24 heavy (non-hydrogen) atoms. The largest absolute Gasteiger partial charge is 0.486 e. The van der Waals surface area contributed by atoms with Gasteiger partial charge in [-0.05, 0) is 30.2 Å². The summed E-state index contributed by atoms with van der Waals surface area (Å²) in [6.45, 7) is 1.07. The van der Waals surface area contributed by atoms with E-state index in [4.69, 9.17) is 9.47 Å². The van der Waals surface area contributed by atoms with Gasteiger partial charge in [0.2, 0.25) is 0 Å². The number of amides is 2. The second-order valence-corrected chi connectivity index (χ2v) is 5.48. The molecule has 1 aliphatic heterocycles. The lowest BCUT2D eigenvalue weighted by molar-refractivity contribution is 0.0918. The zero-order valence-corrected chi connectivity index (χ0v) is 13.1. The van der Waals surface area contributed by atoms with Gasteiger partial charge >= 0.3 is 6.03 Å². The van der Waals surface area contributed by atoms with E-state index in [9.17, 15) is 9.18 Å². The lowest BCUT2D eigenvalue weighted by Crippen LogP contribution is -2.44. The minimum atomic E-state index is -0.311. The Morgan fingerprint density at radius 3 is 2.67 bits per heavy atom. The van der Waals surface area contributed by atoms with Crippen LogP contribution in [-0.2, 0) is 6.42 Å². The van der Waals surface area contributed by atoms with Crippen LogP contribution in [0.3, 0.4) is 0 Å². The first-order valence-corrected chi connectivity index (χ1v) is 7.86. The molecule has 2 aromatic carbocycles. The molecule has 0 unspecified atom stereocenters. The van der Waals surface area contributed by atoms with Crippen molar-refractivity contribution in [3.05, 3.63) is 59.9 Å². The van der Waals surface area contributed by atoms with Crippen molar-refractivity contribution in [2.45, 2.75) is 12.5 Å². The summed E-state index contributed by atoms with van der Waals surface area (Å²) >= 11 is 0. The Hall–Kier alpha value is -2.76. The van der Waals surface area contributed by atoms with Gasteiger partial charge in [0.1, 0.15) is 12.4 Å². The minimum Gasteiger partial charge on any atom is -0.486 e. The van der Waals surface area contributed by atoms with Gasteiger partial charge in [-0.25, -0.2) is 9.18 Å². The second-order valence-electron chi connectivity index (χ2n) is 5.48. The first-order chi connectivity index (χ1) is 11.7. The molecule has 126 valence electrons. The van der Waals surface area contributed by atoms with Crippen molar-refractivity contribution in [1.29, 1.82) is 0 Å². The summed E-state index contributed by atoms with van der Waals surface area (Å²) in [6.07, 6.45) is 0.202. The van der Waals surface area contributed by atoms with E-state index < -0.39 is 0 Å². The van der Waals surface area contributed by atoms with Crippen molar-refractivity contribution in [1.82, 2.24) is 10.6 Å². The molecule has 0 fully saturated rings. The molecule has 0 spiro atoms. The summed E-state index contributed by atoms with van der Waals surface area (Å²) in [6, 6.07) is 13.6. The molecule has 0 aromatic heterocycles. The number of fused-ring (bicyclic) bond motifs is 1. The topological polar surface area (TPSA) is 59.6 Å². The minimum absolute atomic E-state index is 0.239. The molecule has 0 radical (unpaired) electrons. The van der Waals surface area contributed by atoms with Gasteiger partial charge in [0.25, 0.3) is 0 Å². The summed E-state index contributed by atoms with van der Waals surface area (Å²) in [5.41, 5.74) is 0.582. The van der Waals surface area contributed by atoms with Gasteiger partial charge in [0, 0.05) is 6.54 Å². The summed E-state index contributed by atoms with van der Waals surface area (Å²) in [4.78, 5) is 11.8. The number of rotatable bonds is 5. The average molecular weight is 330 g/mol. The Morgan fingerprint density at radius 1 is 1.08 bits per heavy atom. The lowest BCUT2D eigenvalue weighted by Gasteiger charge is -2.26. The van der Waals surface area contributed by atoms with E-state index in [-0.39, 0.29) is 18.0 Å². The summed E-state index contributed by atoms with van der Waals surface area (Å²) in [5.74, 6) is 1.13. The van der Waals surface area contributed by atoms with Gasteiger partial charge in [-0.2, -0.15) is 0 Å². The van der Waals surface area contributed by atoms with E-state index in [1.165, 1.54) is 6.07 Å². The molecule has 2 N–H and O–H groups in total. The average Bonchev–Trinajstić information content (AvgIpc) is 2.61. The number of benzene rings is 2. The van der Waals surface area contributed by atoms with Crippen LogP contribution in [0.4, 0.5) is 9.18 Å². The lowest BCUT2D eigenvalue weighted by atomic mass is 10.1. The third-order valence-corrected chi connectivity index (χ3v) is 3.70. The molecular formula is C18H19FN2O3. The van der Waals surface area contributed by atoms with Crippen LogP contribution in [0.25, 0.3) is 0 Å². The zero-order chi connectivity index (χ0) is 16.8. The quantitative estimate of drug-likeness (QED) is 0.885. The van der Waals surface area contributed by atoms with Crippen molar-refractivity contribution in [2.75, 3.05) is 19.7 Å². The fraction of sp³-hybridized carbons (Fsp3) is 0.278. The molecule has 1 heterocycles. The molecule has 0 bridgehead atoms. The van der Waals surface area contributed by atoms with Crippen LogP contribution < -0.4 is 20.1 Å². The van der Waals surface area contributed by atoms with E-state index in [1.54, 1.807) is 18.2 Å². The van der Waals surface area contributed by atoms with Gasteiger partial charge in [-0.15, -0.1) is 0 Å². The van der Waals surface area contributed by atoms with Gasteiger partial charge in [0.05, 0.1) is 6.54 Å². The monoisotopic (exact) mass is 330 g/mol. The molecule has 5 nitrogen and oxygen atoms in total. The number of hydrogen-bond acceptors (Lipinski definition) is 3. The summed E-state index contributed by atoms with van der Waals surface area (Å²) in [5, 5.41) is 5.44. The molecule has 0 saturated carbocycles. The first kappa shape index (κ1) is 16.1. The van der Waals surface area contributed by atoms with Crippen molar-refractivity contribution in [3.63, 3.8) is 0 Å². The van der Waals surface area contributed by atoms with Gasteiger partial charge in [0.15, 0.2) is 17.6 Å². The van der Waals surface area contributed by atoms with E-state index in [0.29, 0.717) is 43.2 Å². The Balaban J connectivity index is 1.38. The highest BCUT2D eigenvalue weighted by molar-refractivity contribution is 5.73. The maximum atomic E-state index is 13.5. The summed E-state index contributed by atoms with van der Waals surface area (Å²) < 4.78 is 24.8. The molecule has 2 aromatic rings. The number of hydrogen-bond donors (Lipinski definition) is 2. The Bertz CT molecular complexity index is 708. The smallest absolute Gasteiger partial charge is 0.314 e. The molecule has 3 rings (SSSR count). The first-order valence-electron chi connectivity index (χ1n) is 7.86. The maximum Gasteiger partial charge on any atom is 0.314 e. The SMILES string of the molecule is O=C(NCCc1ccccc1F)NC[C@@H]1COc2ccccc2O1. The maximum absolute atomic E-state index is 13.5. The van der Waals surface area contributed by atoms with Crippen LogP contribution in [-0.4, -0.2) is 31.8 Å². The third kappa shape index (κ3) is 4.16. The Labute approximate surface area is 139 Å². The van der Waals surface area contributed by atoms with E-state index in [0.717, 1.165) is 0 Å². The number of nitrogens with one attached hydrogen (secondary N) is 2. The van der Waals surface area contributed by atoms with Crippen LogP contribution in [0, 0.1) is 5.82 Å². The van der Waals surface area contributed by atoms with Crippen LogP contribution in [0.15, 0.2) is 48.5 Å². The molecule has 0 saturated heterocycles. The third-order valence-electron chi connectivity index (χ3n) is 3.70. The van der Waals surface area contributed by atoms with Gasteiger partial charge in [-0.3, -0.25) is 0 Å². The number of urea groups is 1. The van der Waals surface area contributed by atoms with E-state index >= 15 is 0 Å². The standard InChI is InChI=1S/C18H19FN2O3/c19-15-6-2-1-5-13(15)9-10-20-18(22)21-11-14-12-23-16-7-3-4-8-17(16)24-14/h1-8,14H,9-12H2,(H2,20,21,22)/t14-/m1/s1. The van der Waals surface area contributed by atoms with Crippen LogP contribution in [0.5, 0.6) is 11.5 Å². The molecule has 2 amide bonds. The Morgan fingerprint density at radius 2 is 1.83 bits per heavy atom. The van der Waals surface area contributed by atoms with Crippen molar-refractivity contribution < 1.29 is 18.7 Å². The second kappa shape index (κ2) is 7.68. The van der Waals surface area contributed by atoms with Crippen molar-refractivity contribution in [2.24, 2.45) is 0 Å². The summed E-state index contributed by atoms with van der Waals surface area (Å²) in [7, 11) is 0. The molecule has 6 heteroatoms. The number of carbonyl (C=O) groups excluding carboxylic acids is 1. The number of para-hydroxylation sites is 2. The number of ether oxygens (including phenoxy) is 2.